The van der Waals surface area contributed by atoms with Crippen molar-refractivity contribution in [2.45, 2.75) is 12.8 Å². The van der Waals surface area contributed by atoms with Crippen LogP contribution in [0.1, 0.15) is 12.8 Å². The van der Waals surface area contributed by atoms with Crippen LogP contribution >= 0.6 is 0 Å². The predicted molar refractivity (Wildman–Crippen MR) is 38.0 cm³/mol. The van der Waals surface area contributed by atoms with Crippen LogP contribution in [0.5, 0.6) is 0 Å². The number of esters is 1. The van der Waals surface area contributed by atoms with Gasteiger partial charge in [-0.3, -0.25) is 4.79 Å². The molecule has 0 radical (unpaired) electrons. The second-order valence-electron chi connectivity index (χ2n) is 1.99. The Bertz CT molecular complexity index is 183. The number of aliphatic carboxylic acids is 1. The highest BCUT2D eigenvalue weighted by atomic mass is 16.5. The molecule has 0 bridgehead atoms. The average molecular weight is 158 g/mol. The highest BCUT2D eigenvalue weighted by Crippen LogP contribution is 2.03. The fourth-order valence-electron chi connectivity index (χ4n) is 0.504. The number of rotatable bonds is 4. The number of carboxylic acids is 1. The summed E-state index contributed by atoms with van der Waals surface area (Å²) in [6.45, 7) is 3.36. The summed E-state index contributed by atoms with van der Waals surface area (Å²) in [5, 5.41) is 8.22. The first-order valence-electron chi connectivity index (χ1n) is 3.05. The van der Waals surface area contributed by atoms with Crippen molar-refractivity contribution >= 4 is 11.9 Å². The molecule has 0 aliphatic carbocycles. The van der Waals surface area contributed by atoms with Gasteiger partial charge in [-0.2, -0.15) is 0 Å². The molecule has 11 heavy (non-hydrogen) atoms. The Morgan fingerprint density at radius 2 is 2.00 bits per heavy atom. The van der Waals surface area contributed by atoms with Crippen LogP contribution in [0.2, 0.25) is 0 Å². The summed E-state index contributed by atoms with van der Waals surface area (Å²) >= 11 is 0. The van der Waals surface area contributed by atoms with Crippen molar-refractivity contribution in [3.8, 4) is 0 Å². The molecule has 0 aliphatic rings. The predicted octanol–water partition coefficient (Wildman–Crippen LogP) is 0.580. The van der Waals surface area contributed by atoms with Crippen molar-refractivity contribution in [2.75, 3.05) is 7.11 Å². The third-order valence-electron chi connectivity index (χ3n) is 1.11. The van der Waals surface area contributed by atoms with Crippen molar-refractivity contribution in [1.29, 1.82) is 0 Å². The van der Waals surface area contributed by atoms with Crippen LogP contribution in [-0.4, -0.2) is 24.2 Å². The highest BCUT2D eigenvalue weighted by Gasteiger charge is 2.07. The van der Waals surface area contributed by atoms with Gasteiger partial charge in [-0.15, -0.1) is 0 Å². The number of hydrogen-bond donors (Lipinski definition) is 1. The molecular weight excluding hydrogens is 148 g/mol. The van der Waals surface area contributed by atoms with Crippen molar-refractivity contribution in [3.63, 3.8) is 0 Å². The summed E-state index contributed by atoms with van der Waals surface area (Å²) in [7, 11) is 1.23. The molecule has 0 aromatic rings. The molecule has 0 aromatic carbocycles. The van der Waals surface area contributed by atoms with E-state index in [9.17, 15) is 9.59 Å². The summed E-state index contributed by atoms with van der Waals surface area (Å²) < 4.78 is 4.31. The second-order valence-corrected chi connectivity index (χ2v) is 1.99. The first kappa shape index (κ1) is 9.68. The molecule has 0 spiro atoms. The summed E-state index contributed by atoms with van der Waals surface area (Å²) in [4.78, 5) is 20.6. The first-order chi connectivity index (χ1) is 5.07. The summed E-state index contributed by atoms with van der Waals surface area (Å²) in [6, 6.07) is 0. The van der Waals surface area contributed by atoms with Gasteiger partial charge in [0.05, 0.1) is 7.11 Å². The van der Waals surface area contributed by atoms with Gasteiger partial charge in [0.2, 0.25) is 0 Å². The van der Waals surface area contributed by atoms with E-state index < -0.39 is 11.9 Å². The molecule has 0 fully saturated rings. The Hall–Kier alpha value is -1.32. The molecule has 4 heteroatoms. The van der Waals surface area contributed by atoms with Gasteiger partial charge >= 0.3 is 11.9 Å². The lowest BCUT2D eigenvalue weighted by atomic mass is 10.2. The van der Waals surface area contributed by atoms with Crippen molar-refractivity contribution in [2.24, 2.45) is 0 Å². The van der Waals surface area contributed by atoms with Crippen molar-refractivity contribution in [1.82, 2.24) is 0 Å². The molecule has 0 aromatic heterocycles. The number of carbonyl (C=O) groups excluding carboxylic acids is 1. The zero-order valence-electron chi connectivity index (χ0n) is 6.29. The van der Waals surface area contributed by atoms with Crippen LogP contribution in [0.15, 0.2) is 12.2 Å². The van der Waals surface area contributed by atoms with Crippen LogP contribution in [0.25, 0.3) is 0 Å². The van der Waals surface area contributed by atoms with E-state index in [1.165, 1.54) is 7.11 Å². The lowest BCUT2D eigenvalue weighted by Gasteiger charge is -1.99. The molecule has 62 valence electrons. The quantitative estimate of drug-likeness (QED) is 0.480. The Kier molecular flexibility index (Phi) is 3.95. The number of hydrogen-bond acceptors (Lipinski definition) is 3. The van der Waals surface area contributed by atoms with E-state index in [-0.39, 0.29) is 18.4 Å². The van der Waals surface area contributed by atoms with Crippen LogP contribution in [0, 0.1) is 0 Å². The van der Waals surface area contributed by atoms with Crippen LogP contribution in [0.3, 0.4) is 0 Å². The maximum Gasteiger partial charge on any atom is 0.333 e. The topological polar surface area (TPSA) is 63.6 Å². The van der Waals surface area contributed by atoms with Gasteiger partial charge in [0.25, 0.3) is 0 Å². The zero-order chi connectivity index (χ0) is 8.85. The van der Waals surface area contributed by atoms with Gasteiger partial charge < -0.3 is 9.84 Å². The minimum absolute atomic E-state index is 0.0894. The minimum Gasteiger partial charge on any atom is -0.481 e. The number of carboxylic acid groups (broad SMARTS) is 1. The normalized spacial score (nSPS) is 8.82. The molecule has 0 amide bonds. The van der Waals surface area contributed by atoms with Gasteiger partial charge in [-0.1, -0.05) is 6.58 Å². The molecule has 0 rings (SSSR count). The largest absolute Gasteiger partial charge is 0.481 e. The molecular formula is C7H10O4. The van der Waals surface area contributed by atoms with Crippen LogP contribution < -0.4 is 0 Å². The molecule has 4 nitrogen and oxygen atoms in total. The lowest BCUT2D eigenvalue weighted by molar-refractivity contribution is -0.137. The van der Waals surface area contributed by atoms with E-state index in [1.807, 2.05) is 0 Å². The third kappa shape index (κ3) is 4.13. The maximum absolute atomic E-state index is 10.6. The fraction of sp³-hybridized carbons (Fsp3) is 0.429. The number of ether oxygens (including phenoxy) is 1. The molecule has 0 saturated carbocycles. The molecule has 0 unspecified atom stereocenters. The summed E-state index contributed by atoms with van der Waals surface area (Å²) in [5.41, 5.74) is 0.190. The Balaban J connectivity index is 3.70. The monoisotopic (exact) mass is 158 g/mol. The van der Waals surface area contributed by atoms with Crippen LogP contribution in [-0.2, 0) is 14.3 Å². The Labute approximate surface area is 64.5 Å². The fourth-order valence-corrected chi connectivity index (χ4v) is 0.504. The number of methoxy groups -OCH3 is 1. The third-order valence-corrected chi connectivity index (χ3v) is 1.11. The average Bonchev–Trinajstić information content (AvgIpc) is 1.98. The molecule has 0 atom stereocenters. The molecule has 1 N–H and O–H groups in total. The Morgan fingerprint density at radius 1 is 1.45 bits per heavy atom. The van der Waals surface area contributed by atoms with E-state index >= 15 is 0 Å². The summed E-state index contributed by atoms with van der Waals surface area (Å²) in [6.07, 6.45) is 0.0515. The SMILES string of the molecule is C=C(CCC(=O)O)C(=O)OC. The Morgan fingerprint density at radius 3 is 2.36 bits per heavy atom. The molecule has 0 aliphatic heterocycles. The maximum atomic E-state index is 10.6. The van der Waals surface area contributed by atoms with Crippen molar-refractivity contribution in [3.05, 3.63) is 12.2 Å². The van der Waals surface area contributed by atoms with Gasteiger partial charge in [0.15, 0.2) is 0 Å². The van der Waals surface area contributed by atoms with Gasteiger partial charge in [-0.25, -0.2) is 4.79 Å². The summed E-state index contributed by atoms with van der Waals surface area (Å²) in [5.74, 6) is -1.50. The van der Waals surface area contributed by atoms with E-state index in [2.05, 4.69) is 11.3 Å². The standard InChI is InChI=1S/C7H10O4/c1-5(7(10)11-2)3-4-6(8)9/h1,3-4H2,2H3,(H,8,9). The van der Waals surface area contributed by atoms with Gasteiger partial charge in [0.1, 0.15) is 0 Å². The van der Waals surface area contributed by atoms with E-state index in [1.54, 1.807) is 0 Å². The minimum atomic E-state index is -0.949. The second kappa shape index (κ2) is 4.49. The first-order valence-corrected chi connectivity index (χ1v) is 3.05. The van der Waals surface area contributed by atoms with Crippen LogP contribution in [0.4, 0.5) is 0 Å². The van der Waals surface area contributed by atoms with E-state index in [0.29, 0.717) is 0 Å². The van der Waals surface area contributed by atoms with Crippen molar-refractivity contribution < 1.29 is 19.4 Å². The zero-order valence-corrected chi connectivity index (χ0v) is 6.29. The van der Waals surface area contributed by atoms with E-state index in [0.717, 1.165) is 0 Å². The highest BCUT2D eigenvalue weighted by molar-refractivity contribution is 5.88. The van der Waals surface area contributed by atoms with Gasteiger partial charge in [-0.05, 0) is 6.42 Å². The smallest absolute Gasteiger partial charge is 0.333 e. The number of carbonyl (C=O) groups is 2. The van der Waals surface area contributed by atoms with Gasteiger partial charge in [0, 0.05) is 12.0 Å². The molecule has 0 heterocycles. The molecule has 0 saturated heterocycles. The lowest BCUT2D eigenvalue weighted by Crippen LogP contribution is -2.05. The van der Waals surface area contributed by atoms with E-state index in [4.69, 9.17) is 5.11 Å².